The quantitative estimate of drug-likeness (QED) is 0.0260. The van der Waals surface area contributed by atoms with Crippen LogP contribution in [0.1, 0.15) is 156 Å². The Kier molecular flexibility index (Phi) is 36.2. The third-order valence-electron chi connectivity index (χ3n) is 7.35. The minimum Gasteiger partial charge on any atom is -0.483 e. The number of benzene rings is 2. The van der Waals surface area contributed by atoms with Gasteiger partial charge in [-0.15, -0.1) is 0 Å². The molecular formula is C41H64F5NO7. The first-order valence-corrected chi connectivity index (χ1v) is 18.8. The van der Waals surface area contributed by atoms with Crippen LogP contribution >= 0.6 is 0 Å². The Bertz CT molecular complexity index is 1230. The molecule has 310 valence electrons. The first kappa shape index (κ1) is 54.3. The monoisotopic (exact) mass is 777 g/mol. The summed E-state index contributed by atoms with van der Waals surface area (Å²) in [6.45, 7) is 11.4. The van der Waals surface area contributed by atoms with Gasteiger partial charge in [-0.05, 0) is 39.2 Å². The highest BCUT2D eigenvalue weighted by Gasteiger charge is 2.28. The number of carboxylic acid groups (broad SMARTS) is 1. The van der Waals surface area contributed by atoms with Gasteiger partial charge in [0.05, 0.1) is 0 Å². The van der Waals surface area contributed by atoms with Crippen molar-refractivity contribution in [2.24, 2.45) is 5.73 Å². The molecule has 0 aromatic heterocycles. The summed E-state index contributed by atoms with van der Waals surface area (Å²) in [5, 5.41) is 6.89. The maximum Gasteiger partial charge on any atom is 0.311 e. The Hall–Kier alpha value is -4.03. The zero-order valence-corrected chi connectivity index (χ0v) is 33.1. The largest absolute Gasteiger partial charge is 0.483 e. The molecular weight excluding hydrogens is 713 g/mol. The van der Waals surface area contributed by atoms with Gasteiger partial charge in [-0.2, -0.15) is 8.78 Å². The summed E-state index contributed by atoms with van der Waals surface area (Å²) in [6.07, 6.45) is 21.8. The minimum atomic E-state index is -2.30. The molecule has 54 heavy (non-hydrogen) atoms. The maximum atomic E-state index is 12.9. The summed E-state index contributed by atoms with van der Waals surface area (Å²) in [7, 11) is 0. The lowest BCUT2D eigenvalue weighted by Gasteiger charge is -2.14. The Morgan fingerprint density at radius 3 is 1.31 bits per heavy atom. The van der Waals surface area contributed by atoms with Gasteiger partial charge < -0.3 is 20.3 Å². The summed E-state index contributed by atoms with van der Waals surface area (Å²) in [5.74, 6) is -13.8. The van der Waals surface area contributed by atoms with E-state index in [1.807, 2.05) is 26.8 Å². The SMILES string of the molecule is CC(C)(C)OC=O.CCC(=O)Oc1c(F)c(F)c(F)c(F)c1F.CCCCCCCCCCCCCCCCCC(N)=O.CCc1ccccc1.O=CO. The lowest BCUT2D eigenvalue weighted by molar-refractivity contribution is -0.138. The molecule has 2 aromatic carbocycles. The molecule has 2 aromatic rings. The summed E-state index contributed by atoms with van der Waals surface area (Å²) in [4.78, 5) is 39.2. The molecule has 0 radical (unpaired) electrons. The molecule has 0 saturated heterocycles. The van der Waals surface area contributed by atoms with Gasteiger partial charge in [-0.3, -0.25) is 19.2 Å². The smallest absolute Gasteiger partial charge is 0.311 e. The minimum absolute atomic E-state index is 0.153. The van der Waals surface area contributed by atoms with Crippen LogP contribution in [0.3, 0.4) is 0 Å². The lowest BCUT2D eigenvalue weighted by atomic mass is 10.0. The molecule has 1 amide bonds. The van der Waals surface area contributed by atoms with E-state index in [0.29, 0.717) is 12.9 Å². The predicted octanol–water partition coefficient (Wildman–Crippen LogP) is 11.3. The molecule has 0 unspecified atom stereocenters. The number of carbonyl (C=O) groups excluding carboxylic acids is 3. The number of unbranched alkanes of at least 4 members (excludes halogenated alkanes) is 14. The summed E-state index contributed by atoms with van der Waals surface area (Å²) >= 11 is 0. The molecule has 0 atom stereocenters. The topological polar surface area (TPSA) is 133 Å². The van der Waals surface area contributed by atoms with Crippen molar-refractivity contribution in [1.29, 1.82) is 0 Å². The average Bonchev–Trinajstić information content (AvgIpc) is 3.14. The number of primary amides is 1. The van der Waals surface area contributed by atoms with Crippen LogP contribution in [0.4, 0.5) is 22.0 Å². The van der Waals surface area contributed by atoms with E-state index in [1.165, 1.54) is 102 Å². The van der Waals surface area contributed by atoms with Gasteiger partial charge in [0.2, 0.25) is 40.7 Å². The standard InChI is InChI=1S/C18H37NO.C9H5F5O2.C8H10.C5H10O2.CH2O2/c1-2-3-4-5-6-7-8-9-10-11-12-13-14-15-16-17-18(19)20;1-2-3(15)16-9-7(13)5(11)4(10)6(12)8(9)14;1-2-8-6-4-3-5-7-8;1-5(2,3)7-4-6;2-1-3/h2-17H2,1H3,(H2,19,20);2H2,1H3;3-7H,2H2,1H3;4H,1-3H3;1H,(H,2,3). The number of hydrogen-bond acceptors (Lipinski definition) is 6. The molecule has 0 aliphatic rings. The number of nitrogens with two attached hydrogens (primary N) is 1. The third-order valence-corrected chi connectivity index (χ3v) is 7.35. The van der Waals surface area contributed by atoms with Crippen LogP contribution < -0.4 is 10.5 Å². The zero-order valence-electron chi connectivity index (χ0n) is 33.1. The third kappa shape index (κ3) is 32.6. The van der Waals surface area contributed by atoms with Gasteiger partial charge in [0.25, 0.3) is 12.9 Å². The number of ether oxygens (including phenoxy) is 2. The molecule has 0 spiro atoms. The first-order chi connectivity index (χ1) is 25.6. The molecule has 0 aliphatic heterocycles. The van der Waals surface area contributed by atoms with Crippen LogP contribution in [-0.4, -0.2) is 35.5 Å². The van der Waals surface area contributed by atoms with Crippen molar-refractivity contribution >= 4 is 24.8 Å². The Labute approximate surface area is 319 Å². The number of aryl methyl sites for hydroxylation is 1. The van der Waals surface area contributed by atoms with E-state index in [9.17, 15) is 36.3 Å². The van der Waals surface area contributed by atoms with Crippen LogP contribution in [0.5, 0.6) is 5.75 Å². The normalized spacial score (nSPS) is 10.1. The van der Waals surface area contributed by atoms with Gasteiger partial charge in [0.15, 0.2) is 0 Å². The molecule has 13 heteroatoms. The van der Waals surface area contributed by atoms with Crippen LogP contribution in [0.2, 0.25) is 0 Å². The van der Waals surface area contributed by atoms with E-state index >= 15 is 0 Å². The van der Waals surface area contributed by atoms with Crippen LogP contribution in [0.15, 0.2) is 30.3 Å². The molecule has 3 N–H and O–H groups in total. The average molecular weight is 778 g/mol. The van der Waals surface area contributed by atoms with E-state index in [1.54, 1.807) is 0 Å². The molecule has 0 bridgehead atoms. The van der Waals surface area contributed by atoms with Crippen molar-refractivity contribution in [2.75, 3.05) is 0 Å². The van der Waals surface area contributed by atoms with E-state index < -0.39 is 40.8 Å². The number of amides is 1. The van der Waals surface area contributed by atoms with E-state index in [0.717, 1.165) is 12.8 Å². The van der Waals surface area contributed by atoms with Crippen LogP contribution in [0, 0.1) is 29.1 Å². The molecule has 0 saturated carbocycles. The summed E-state index contributed by atoms with van der Waals surface area (Å²) in [6, 6.07) is 10.5. The molecule has 0 aliphatic carbocycles. The van der Waals surface area contributed by atoms with Gasteiger partial charge in [-0.25, -0.2) is 13.2 Å². The molecule has 2 rings (SSSR count). The van der Waals surface area contributed by atoms with Crippen molar-refractivity contribution < 1.29 is 55.7 Å². The zero-order chi connectivity index (χ0) is 41.8. The fraction of sp³-hybridized carbons (Fsp3) is 0.610. The highest BCUT2D eigenvalue weighted by atomic mass is 19.2. The van der Waals surface area contributed by atoms with E-state index in [-0.39, 0.29) is 24.4 Å². The Morgan fingerprint density at radius 1 is 0.667 bits per heavy atom. The highest BCUT2D eigenvalue weighted by Crippen LogP contribution is 2.29. The van der Waals surface area contributed by atoms with Gasteiger partial charge in [0.1, 0.15) is 5.60 Å². The first-order valence-electron chi connectivity index (χ1n) is 18.8. The van der Waals surface area contributed by atoms with Crippen molar-refractivity contribution in [3.8, 4) is 5.75 Å². The molecule has 8 nitrogen and oxygen atoms in total. The van der Waals surface area contributed by atoms with Gasteiger partial charge in [0, 0.05) is 12.8 Å². The van der Waals surface area contributed by atoms with Crippen molar-refractivity contribution in [3.63, 3.8) is 0 Å². The number of hydrogen-bond donors (Lipinski definition) is 2. The summed E-state index contributed by atoms with van der Waals surface area (Å²) in [5.41, 5.74) is 6.20. The van der Waals surface area contributed by atoms with E-state index in [4.69, 9.17) is 15.6 Å². The number of rotatable bonds is 20. The maximum absolute atomic E-state index is 12.9. The molecule has 0 fully saturated rings. The predicted molar refractivity (Wildman–Crippen MR) is 202 cm³/mol. The van der Waals surface area contributed by atoms with Crippen LogP contribution in [0.25, 0.3) is 0 Å². The van der Waals surface area contributed by atoms with Gasteiger partial charge >= 0.3 is 5.97 Å². The van der Waals surface area contributed by atoms with Crippen molar-refractivity contribution in [2.45, 2.75) is 163 Å². The second-order valence-corrected chi connectivity index (χ2v) is 13.2. The van der Waals surface area contributed by atoms with Gasteiger partial charge in [-0.1, -0.05) is 141 Å². The number of esters is 1. The lowest BCUT2D eigenvalue weighted by Crippen LogP contribution is -2.17. The van der Waals surface area contributed by atoms with Crippen LogP contribution in [-0.2, 0) is 30.3 Å². The Balaban J connectivity index is -0.000000674. The second kappa shape index (κ2) is 36.0. The van der Waals surface area contributed by atoms with Crippen molar-refractivity contribution in [1.82, 2.24) is 0 Å². The van der Waals surface area contributed by atoms with E-state index in [2.05, 4.69) is 47.6 Å². The fourth-order valence-corrected chi connectivity index (χ4v) is 4.39. The Morgan fingerprint density at radius 2 is 1.04 bits per heavy atom. The summed E-state index contributed by atoms with van der Waals surface area (Å²) < 4.78 is 72.1. The molecule has 0 heterocycles. The highest BCUT2D eigenvalue weighted by molar-refractivity contribution is 5.73. The second-order valence-electron chi connectivity index (χ2n) is 13.2. The van der Waals surface area contributed by atoms with Crippen molar-refractivity contribution in [3.05, 3.63) is 65.0 Å². The number of carbonyl (C=O) groups is 4. The number of halogens is 5. The fourth-order valence-electron chi connectivity index (χ4n) is 4.39.